The molecule has 6 heteroatoms. The van der Waals surface area contributed by atoms with Crippen molar-refractivity contribution in [1.82, 2.24) is 4.98 Å². The van der Waals surface area contributed by atoms with Crippen LogP contribution in [-0.4, -0.2) is 19.2 Å². The Balaban J connectivity index is 1.83. The monoisotopic (exact) mass is 358 g/mol. The number of para-hydroxylation sites is 3. The van der Waals surface area contributed by atoms with Crippen LogP contribution in [0.2, 0.25) is 0 Å². The quantitative estimate of drug-likeness (QED) is 0.586. The van der Waals surface area contributed by atoms with Gasteiger partial charge in [-0.05, 0) is 30.7 Å². The highest BCUT2D eigenvalue weighted by Crippen LogP contribution is 2.30. The molecule has 0 amide bonds. The molecule has 0 saturated heterocycles. The third-order valence-electron chi connectivity index (χ3n) is 3.98. The molecule has 132 valence electrons. The number of hydrogen-bond acceptors (Lipinski definition) is 4. The first-order valence-electron chi connectivity index (χ1n) is 8.54. The summed E-state index contributed by atoms with van der Waals surface area (Å²) < 4.78 is 33.2. The van der Waals surface area contributed by atoms with Crippen molar-refractivity contribution in [2.24, 2.45) is 0 Å². The fourth-order valence-electron chi connectivity index (χ4n) is 2.68. The van der Waals surface area contributed by atoms with Crippen LogP contribution in [0.3, 0.4) is 0 Å². The summed E-state index contributed by atoms with van der Waals surface area (Å²) in [5, 5.41) is 0. The van der Waals surface area contributed by atoms with Crippen LogP contribution in [-0.2, 0) is 10.0 Å². The second kappa shape index (κ2) is 7.70. The number of sulfonamides is 1. The number of unbranched alkanes of at least 4 members (excludes halogenated alkanes) is 3. The second-order valence-electron chi connectivity index (χ2n) is 6.01. The van der Waals surface area contributed by atoms with Crippen LogP contribution >= 0.6 is 0 Å². The summed E-state index contributed by atoms with van der Waals surface area (Å²) in [4.78, 5) is 4.46. The van der Waals surface area contributed by atoms with Gasteiger partial charge in [-0.25, -0.2) is 13.4 Å². The minimum Gasteiger partial charge on any atom is -0.436 e. The van der Waals surface area contributed by atoms with E-state index in [9.17, 15) is 8.42 Å². The summed E-state index contributed by atoms with van der Waals surface area (Å²) in [5.74, 6) is 0.528. The molecule has 3 rings (SSSR count). The summed E-state index contributed by atoms with van der Waals surface area (Å²) in [6.07, 6.45) is 3.71. The van der Waals surface area contributed by atoms with Gasteiger partial charge in [-0.2, -0.15) is 0 Å². The summed E-state index contributed by atoms with van der Waals surface area (Å²) >= 11 is 0. The average molecular weight is 358 g/mol. The highest BCUT2D eigenvalue weighted by Gasteiger charge is 2.16. The predicted molar refractivity (Wildman–Crippen MR) is 101 cm³/mol. The third-order valence-corrected chi connectivity index (χ3v) is 5.34. The lowest BCUT2D eigenvalue weighted by Crippen LogP contribution is -2.17. The largest absolute Gasteiger partial charge is 0.436 e. The molecule has 0 saturated carbocycles. The second-order valence-corrected chi connectivity index (χ2v) is 7.86. The topological polar surface area (TPSA) is 72.2 Å². The summed E-state index contributed by atoms with van der Waals surface area (Å²) in [6, 6.07) is 14.6. The minimum atomic E-state index is -3.40. The first-order chi connectivity index (χ1) is 12.1. The maximum absolute atomic E-state index is 12.4. The fraction of sp³-hybridized carbons (Fsp3) is 0.316. The maximum Gasteiger partial charge on any atom is 0.232 e. The van der Waals surface area contributed by atoms with Gasteiger partial charge in [-0.3, -0.25) is 4.72 Å². The Bertz CT molecular complexity index is 915. The van der Waals surface area contributed by atoms with Crippen molar-refractivity contribution in [2.75, 3.05) is 10.5 Å². The van der Waals surface area contributed by atoms with Crippen molar-refractivity contribution in [2.45, 2.75) is 32.6 Å². The van der Waals surface area contributed by atoms with Crippen LogP contribution in [0.4, 0.5) is 5.69 Å². The van der Waals surface area contributed by atoms with E-state index in [1.54, 1.807) is 18.2 Å². The van der Waals surface area contributed by atoms with Crippen LogP contribution in [0.15, 0.2) is 52.9 Å². The van der Waals surface area contributed by atoms with Gasteiger partial charge < -0.3 is 4.42 Å². The molecule has 1 N–H and O–H groups in total. The van der Waals surface area contributed by atoms with E-state index in [1.165, 1.54) is 0 Å². The zero-order valence-electron chi connectivity index (χ0n) is 14.2. The van der Waals surface area contributed by atoms with Crippen LogP contribution in [0, 0.1) is 0 Å². The maximum atomic E-state index is 12.4. The Kier molecular flexibility index (Phi) is 5.38. The van der Waals surface area contributed by atoms with E-state index in [-0.39, 0.29) is 5.75 Å². The summed E-state index contributed by atoms with van der Waals surface area (Å²) in [6.45, 7) is 2.10. The molecule has 0 unspecified atom stereocenters. The number of hydrogen-bond donors (Lipinski definition) is 1. The molecule has 0 fully saturated rings. The molecule has 1 heterocycles. The van der Waals surface area contributed by atoms with Crippen molar-refractivity contribution in [3.05, 3.63) is 48.5 Å². The lowest BCUT2D eigenvalue weighted by molar-refractivity contribution is 0.594. The van der Waals surface area contributed by atoms with E-state index < -0.39 is 10.0 Å². The van der Waals surface area contributed by atoms with Crippen molar-refractivity contribution >= 4 is 26.8 Å². The smallest absolute Gasteiger partial charge is 0.232 e. The van der Waals surface area contributed by atoms with Crippen molar-refractivity contribution in [3.63, 3.8) is 0 Å². The van der Waals surface area contributed by atoms with Crippen LogP contribution < -0.4 is 4.72 Å². The van der Waals surface area contributed by atoms with E-state index in [0.29, 0.717) is 29.1 Å². The molecule has 0 aliphatic heterocycles. The van der Waals surface area contributed by atoms with Gasteiger partial charge in [-0.15, -0.1) is 0 Å². The molecule has 0 radical (unpaired) electrons. The summed E-state index contributed by atoms with van der Waals surface area (Å²) in [7, 11) is -3.40. The Hall–Kier alpha value is -2.34. The lowest BCUT2D eigenvalue weighted by Gasteiger charge is -2.10. The molecule has 1 aromatic heterocycles. The third kappa shape index (κ3) is 4.39. The lowest BCUT2D eigenvalue weighted by atomic mass is 10.2. The minimum absolute atomic E-state index is 0.120. The van der Waals surface area contributed by atoms with Gasteiger partial charge in [0.05, 0.1) is 17.0 Å². The molecular weight excluding hydrogens is 336 g/mol. The van der Waals surface area contributed by atoms with E-state index in [4.69, 9.17) is 4.42 Å². The Morgan fingerprint density at radius 1 is 1.00 bits per heavy atom. The SMILES string of the molecule is CCCCCCS(=O)(=O)Nc1ccccc1-c1nc2ccccc2o1. The first-order valence-corrected chi connectivity index (χ1v) is 10.2. The first kappa shape index (κ1) is 17.5. The van der Waals surface area contributed by atoms with E-state index >= 15 is 0 Å². The number of nitrogens with zero attached hydrogens (tertiary/aromatic N) is 1. The normalized spacial score (nSPS) is 11.7. The molecule has 2 aromatic carbocycles. The fourth-order valence-corrected chi connectivity index (χ4v) is 3.88. The van der Waals surface area contributed by atoms with Gasteiger partial charge in [0, 0.05) is 0 Å². The molecule has 0 spiro atoms. The number of aromatic nitrogens is 1. The van der Waals surface area contributed by atoms with Gasteiger partial charge in [0.1, 0.15) is 5.52 Å². The number of rotatable bonds is 8. The molecule has 0 bridgehead atoms. The highest BCUT2D eigenvalue weighted by atomic mass is 32.2. The molecular formula is C19H22N2O3S. The average Bonchev–Trinajstić information content (AvgIpc) is 3.03. The molecule has 5 nitrogen and oxygen atoms in total. The number of anilines is 1. The van der Waals surface area contributed by atoms with Gasteiger partial charge in [-0.1, -0.05) is 50.5 Å². The Morgan fingerprint density at radius 2 is 1.76 bits per heavy atom. The van der Waals surface area contributed by atoms with Crippen LogP contribution in [0.5, 0.6) is 0 Å². The Morgan fingerprint density at radius 3 is 2.56 bits per heavy atom. The predicted octanol–water partition coefficient (Wildman–Crippen LogP) is 4.82. The van der Waals surface area contributed by atoms with Gasteiger partial charge in [0.15, 0.2) is 5.58 Å². The Labute approximate surface area is 148 Å². The van der Waals surface area contributed by atoms with E-state index in [2.05, 4.69) is 16.6 Å². The van der Waals surface area contributed by atoms with E-state index in [0.717, 1.165) is 24.8 Å². The van der Waals surface area contributed by atoms with Gasteiger partial charge in [0.2, 0.25) is 15.9 Å². The van der Waals surface area contributed by atoms with Crippen molar-refractivity contribution in [3.8, 4) is 11.5 Å². The summed E-state index contributed by atoms with van der Waals surface area (Å²) in [5.41, 5.74) is 2.55. The van der Waals surface area contributed by atoms with Gasteiger partial charge in [0.25, 0.3) is 0 Å². The molecule has 0 aliphatic carbocycles. The molecule has 0 atom stereocenters. The molecule has 3 aromatic rings. The van der Waals surface area contributed by atoms with Crippen LogP contribution in [0.25, 0.3) is 22.6 Å². The number of fused-ring (bicyclic) bond motifs is 1. The standard InChI is InChI=1S/C19H22N2O3S/c1-2-3-4-9-14-25(22,23)21-16-11-6-5-10-15(16)19-20-17-12-7-8-13-18(17)24-19/h5-8,10-13,21H,2-4,9,14H2,1H3. The van der Waals surface area contributed by atoms with Crippen molar-refractivity contribution < 1.29 is 12.8 Å². The highest BCUT2D eigenvalue weighted by molar-refractivity contribution is 7.92. The zero-order chi connectivity index (χ0) is 17.7. The van der Waals surface area contributed by atoms with Crippen LogP contribution in [0.1, 0.15) is 32.6 Å². The number of benzene rings is 2. The number of oxazole rings is 1. The van der Waals surface area contributed by atoms with E-state index in [1.807, 2.05) is 30.3 Å². The molecule has 0 aliphatic rings. The zero-order valence-corrected chi connectivity index (χ0v) is 15.1. The van der Waals surface area contributed by atoms with Crippen molar-refractivity contribution in [1.29, 1.82) is 0 Å². The van der Waals surface area contributed by atoms with Gasteiger partial charge >= 0.3 is 0 Å². The number of nitrogens with one attached hydrogen (secondary N) is 1. The molecule has 25 heavy (non-hydrogen) atoms.